The fourth-order valence-electron chi connectivity index (χ4n) is 2.27. The van der Waals surface area contributed by atoms with E-state index in [0.29, 0.717) is 5.13 Å². The quantitative estimate of drug-likeness (QED) is 0.334. The third-order valence-corrected chi connectivity index (χ3v) is 6.69. The number of thiazole rings is 1. The van der Waals surface area contributed by atoms with Crippen molar-refractivity contribution in [1.29, 1.82) is 0 Å². The zero-order valence-corrected chi connectivity index (χ0v) is 15.9. The van der Waals surface area contributed by atoms with E-state index in [2.05, 4.69) is 26.2 Å². The summed E-state index contributed by atoms with van der Waals surface area (Å²) in [6.07, 6.45) is 0. The van der Waals surface area contributed by atoms with Gasteiger partial charge in [-0.3, -0.25) is 0 Å². The Balaban J connectivity index is 1.44. The Morgan fingerprint density at radius 1 is 1.00 bits per heavy atom. The lowest BCUT2D eigenvalue weighted by molar-refractivity contribution is 1.03. The Morgan fingerprint density at radius 2 is 1.80 bits per heavy atom. The first-order chi connectivity index (χ1) is 12.3. The molecule has 2 aromatic heterocycles. The number of aliphatic imine (C=N–C) groups is 1. The summed E-state index contributed by atoms with van der Waals surface area (Å²) in [4.78, 5) is 9.21. The van der Waals surface area contributed by atoms with Gasteiger partial charge in [-0.05, 0) is 24.6 Å². The van der Waals surface area contributed by atoms with E-state index in [1.54, 1.807) is 23.1 Å². The van der Waals surface area contributed by atoms with Crippen LogP contribution in [0, 0.1) is 0 Å². The Morgan fingerprint density at radius 3 is 2.64 bits per heavy atom. The number of para-hydroxylation sites is 1. The lowest BCUT2D eigenvalue weighted by atomic mass is 10.1. The Kier molecular flexibility index (Phi) is 4.87. The summed E-state index contributed by atoms with van der Waals surface area (Å²) in [5.74, 6) is 0.761. The first-order valence-electron chi connectivity index (χ1n) is 7.69. The zero-order chi connectivity index (χ0) is 17.1. The standard InChI is InChI=1S/C18H14N4S3/c1-12(13-7-3-2-4-8-13)19-17-22-21-16(25-17)11-23-18-20-14-9-5-6-10-15(14)24-18/h2-10H,11H2,1H3/b19-12+. The van der Waals surface area contributed by atoms with Crippen molar-refractivity contribution in [2.75, 3.05) is 0 Å². The van der Waals surface area contributed by atoms with Gasteiger partial charge in [-0.2, -0.15) is 0 Å². The summed E-state index contributed by atoms with van der Waals surface area (Å²) in [5, 5.41) is 10.1. The number of aromatic nitrogens is 3. The molecule has 2 heterocycles. The van der Waals surface area contributed by atoms with Gasteiger partial charge in [-0.25, -0.2) is 9.98 Å². The highest BCUT2D eigenvalue weighted by Crippen LogP contribution is 2.32. The van der Waals surface area contributed by atoms with Crippen LogP contribution in [0.25, 0.3) is 10.2 Å². The molecule has 4 rings (SSSR count). The predicted octanol–water partition coefficient (Wildman–Crippen LogP) is 5.58. The number of benzene rings is 2. The number of nitrogens with zero attached hydrogens (tertiary/aromatic N) is 4. The number of hydrogen-bond donors (Lipinski definition) is 0. The number of rotatable bonds is 5. The maximum absolute atomic E-state index is 4.63. The maximum atomic E-state index is 4.63. The monoisotopic (exact) mass is 382 g/mol. The van der Waals surface area contributed by atoms with Gasteiger partial charge in [0.2, 0.25) is 5.13 Å². The molecule has 0 N–H and O–H groups in total. The van der Waals surface area contributed by atoms with Gasteiger partial charge in [-0.1, -0.05) is 65.6 Å². The second kappa shape index (κ2) is 7.43. The van der Waals surface area contributed by atoms with E-state index < -0.39 is 0 Å². The summed E-state index contributed by atoms with van der Waals surface area (Å²) in [6.45, 7) is 1.99. The lowest BCUT2D eigenvalue weighted by Gasteiger charge is -1.97. The zero-order valence-electron chi connectivity index (χ0n) is 13.4. The van der Waals surface area contributed by atoms with Crippen LogP contribution < -0.4 is 0 Å². The van der Waals surface area contributed by atoms with Gasteiger partial charge >= 0.3 is 0 Å². The third-order valence-electron chi connectivity index (χ3n) is 3.50. The van der Waals surface area contributed by atoms with E-state index in [9.17, 15) is 0 Å². The van der Waals surface area contributed by atoms with Crippen molar-refractivity contribution in [2.45, 2.75) is 17.0 Å². The molecule has 0 saturated carbocycles. The maximum Gasteiger partial charge on any atom is 0.231 e. The van der Waals surface area contributed by atoms with Crippen LogP contribution in [0.1, 0.15) is 17.5 Å². The van der Waals surface area contributed by atoms with Crippen molar-refractivity contribution in [3.63, 3.8) is 0 Å². The van der Waals surface area contributed by atoms with Crippen LogP contribution in [-0.4, -0.2) is 20.9 Å². The van der Waals surface area contributed by atoms with Crippen LogP contribution >= 0.6 is 34.4 Å². The Labute approximate surface area is 157 Å². The Bertz CT molecular complexity index is 988. The van der Waals surface area contributed by atoms with Gasteiger partial charge in [0.15, 0.2) is 4.34 Å². The minimum Gasteiger partial charge on any atom is -0.230 e. The Hall–Kier alpha value is -2.09. The molecule has 0 amide bonds. The molecule has 0 saturated heterocycles. The number of thioether (sulfide) groups is 1. The third kappa shape index (κ3) is 3.95. The molecular formula is C18H14N4S3. The highest BCUT2D eigenvalue weighted by Gasteiger charge is 2.08. The summed E-state index contributed by atoms with van der Waals surface area (Å²) in [7, 11) is 0. The topological polar surface area (TPSA) is 51.0 Å². The van der Waals surface area contributed by atoms with E-state index in [1.807, 2.05) is 55.5 Å². The molecule has 0 fully saturated rings. The van der Waals surface area contributed by atoms with Gasteiger partial charge in [-0.15, -0.1) is 21.5 Å². The van der Waals surface area contributed by atoms with Crippen LogP contribution in [0.5, 0.6) is 0 Å². The van der Waals surface area contributed by atoms with E-state index >= 15 is 0 Å². The highest BCUT2D eigenvalue weighted by molar-refractivity contribution is 8.00. The van der Waals surface area contributed by atoms with Crippen molar-refractivity contribution in [2.24, 2.45) is 4.99 Å². The molecule has 25 heavy (non-hydrogen) atoms. The van der Waals surface area contributed by atoms with E-state index in [1.165, 1.54) is 16.0 Å². The van der Waals surface area contributed by atoms with E-state index in [4.69, 9.17) is 0 Å². The van der Waals surface area contributed by atoms with E-state index in [-0.39, 0.29) is 0 Å². The average molecular weight is 383 g/mol. The lowest BCUT2D eigenvalue weighted by Crippen LogP contribution is -1.92. The molecule has 0 radical (unpaired) electrons. The molecule has 0 spiro atoms. The summed E-state index contributed by atoms with van der Waals surface area (Å²) >= 11 is 4.94. The molecule has 0 bridgehead atoms. The molecule has 0 aliphatic carbocycles. The van der Waals surface area contributed by atoms with E-state index in [0.717, 1.165) is 31.9 Å². The minimum absolute atomic E-state index is 0.696. The number of fused-ring (bicyclic) bond motifs is 1. The van der Waals surface area contributed by atoms with Gasteiger partial charge in [0.05, 0.1) is 16.0 Å². The van der Waals surface area contributed by atoms with Crippen molar-refractivity contribution < 1.29 is 0 Å². The van der Waals surface area contributed by atoms with Crippen molar-refractivity contribution in [3.05, 3.63) is 65.2 Å². The van der Waals surface area contributed by atoms with Crippen LogP contribution in [0.2, 0.25) is 0 Å². The minimum atomic E-state index is 0.696. The molecule has 2 aromatic carbocycles. The molecule has 4 nitrogen and oxygen atoms in total. The predicted molar refractivity (Wildman–Crippen MR) is 107 cm³/mol. The van der Waals surface area contributed by atoms with Crippen molar-refractivity contribution >= 4 is 55.5 Å². The molecule has 0 unspecified atom stereocenters. The van der Waals surface area contributed by atoms with Gasteiger partial charge in [0.25, 0.3) is 0 Å². The fraction of sp³-hybridized carbons (Fsp3) is 0.111. The normalized spacial score (nSPS) is 12.0. The highest BCUT2D eigenvalue weighted by atomic mass is 32.2. The van der Waals surface area contributed by atoms with Crippen molar-refractivity contribution in [1.82, 2.24) is 15.2 Å². The van der Waals surface area contributed by atoms with Gasteiger partial charge < -0.3 is 0 Å². The molecular weight excluding hydrogens is 368 g/mol. The SMILES string of the molecule is C/C(=N\c1nnc(CSc2nc3ccccc3s2)s1)c1ccccc1. The molecule has 0 atom stereocenters. The van der Waals surface area contributed by atoms with Crippen LogP contribution in [0.15, 0.2) is 63.9 Å². The summed E-state index contributed by atoms with van der Waals surface area (Å²) in [5.41, 5.74) is 3.10. The molecule has 124 valence electrons. The molecule has 0 aliphatic rings. The summed E-state index contributed by atoms with van der Waals surface area (Å²) < 4.78 is 2.27. The van der Waals surface area contributed by atoms with Gasteiger partial charge in [0, 0.05) is 5.71 Å². The second-order valence-corrected chi connectivity index (χ2v) is 8.57. The van der Waals surface area contributed by atoms with Crippen LogP contribution in [-0.2, 0) is 5.75 Å². The summed E-state index contributed by atoms with van der Waals surface area (Å²) in [6, 6.07) is 18.3. The smallest absolute Gasteiger partial charge is 0.230 e. The largest absolute Gasteiger partial charge is 0.231 e. The average Bonchev–Trinajstić information content (AvgIpc) is 3.26. The molecule has 7 heteroatoms. The second-order valence-electron chi connectivity index (χ2n) is 5.28. The first-order valence-corrected chi connectivity index (χ1v) is 10.3. The van der Waals surface area contributed by atoms with Crippen molar-refractivity contribution in [3.8, 4) is 0 Å². The molecule has 4 aromatic rings. The van der Waals surface area contributed by atoms with Crippen LogP contribution in [0.3, 0.4) is 0 Å². The molecule has 0 aliphatic heterocycles. The number of hydrogen-bond acceptors (Lipinski definition) is 7. The fourth-order valence-corrected chi connectivity index (χ4v) is 5.09. The van der Waals surface area contributed by atoms with Crippen LogP contribution in [0.4, 0.5) is 5.13 Å². The van der Waals surface area contributed by atoms with Gasteiger partial charge in [0.1, 0.15) is 5.01 Å². The first kappa shape index (κ1) is 16.4.